The molecule has 3 rings (SSSR count). The molecule has 0 radical (unpaired) electrons. The van der Waals surface area contributed by atoms with Gasteiger partial charge in [0.05, 0.1) is 5.56 Å². The summed E-state index contributed by atoms with van der Waals surface area (Å²) in [4.78, 5) is 24.4. The van der Waals surface area contributed by atoms with Crippen LogP contribution in [0.15, 0.2) is 78.9 Å². The van der Waals surface area contributed by atoms with E-state index in [2.05, 4.69) is 31.3 Å². The predicted molar refractivity (Wildman–Crippen MR) is 127 cm³/mol. The molecule has 0 saturated carbocycles. The number of primary amides is 1. The van der Waals surface area contributed by atoms with Gasteiger partial charge in [0.25, 0.3) is 11.8 Å². The van der Waals surface area contributed by atoms with Gasteiger partial charge in [-0.2, -0.15) is 0 Å². The molecule has 1 unspecified atom stereocenters. The van der Waals surface area contributed by atoms with E-state index in [9.17, 15) is 9.59 Å². The molecule has 0 fully saturated rings. The summed E-state index contributed by atoms with van der Waals surface area (Å²) in [6.07, 6.45) is 0.815. The van der Waals surface area contributed by atoms with E-state index < -0.39 is 5.91 Å². The van der Waals surface area contributed by atoms with E-state index in [0.29, 0.717) is 16.9 Å². The summed E-state index contributed by atoms with van der Waals surface area (Å²) < 4.78 is 5.78. The lowest BCUT2D eigenvalue weighted by molar-refractivity contribution is 0.0933. The quantitative estimate of drug-likeness (QED) is 0.509. The summed E-state index contributed by atoms with van der Waals surface area (Å²) in [6.45, 7) is 6.62. The minimum absolute atomic E-state index is 0.0000517. The third-order valence-electron chi connectivity index (χ3n) is 5.49. The first-order chi connectivity index (χ1) is 15.3. The van der Waals surface area contributed by atoms with Crippen LogP contribution >= 0.6 is 0 Å². The lowest BCUT2D eigenvalue weighted by Crippen LogP contribution is -2.37. The van der Waals surface area contributed by atoms with Crippen LogP contribution in [-0.4, -0.2) is 17.9 Å². The molecule has 3 N–H and O–H groups in total. The zero-order valence-corrected chi connectivity index (χ0v) is 18.8. The van der Waals surface area contributed by atoms with Crippen molar-refractivity contribution in [2.45, 2.75) is 45.3 Å². The number of amides is 2. The minimum atomic E-state index is -0.541. The van der Waals surface area contributed by atoms with Gasteiger partial charge in [0.1, 0.15) is 12.4 Å². The second kappa shape index (κ2) is 10.1. The van der Waals surface area contributed by atoms with Gasteiger partial charge in [-0.15, -0.1) is 0 Å². The van der Waals surface area contributed by atoms with Crippen LogP contribution in [0.25, 0.3) is 0 Å². The summed E-state index contributed by atoms with van der Waals surface area (Å²) in [5, 5.41) is 3.11. The van der Waals surface area contributed by atoms with E-state index in [1.54, 1.807) is 36.4 Å². The molecule has 1 atom stereocenters. The number of rotatable bonds is 9. The lowest BCUT2D eigenvalue weighted by Gasteiger charge is -2.29. The average Bonchev–Trinajstić information content (AvgIpc) is 2.78. The van der Waals surface area contributed by atoms with Crippen molar-refractivity contribution >= 4 is 11.8 Å². The number of carbonyl (C=O) groups excluding carboxylic acids is 2. The Morgan fingerprint density at radius 3 is 2.38 bits per heavy atom. The number of hydrogen-bond donors (Lipinski definition) is 2. The average molecular weight is 431 g/mol. The van der Waals surface area contributed by atoms with Gasteiger partial charge < -0.3 is 15.8 Å². The van der Waals surface area contributed by atoms with Crippen LogP contribution in [0.3, 0.4) is 0 Å². The van der Waals surface area contributed by atoms with Crippen molar-refractivity contribution in [3.63, 3.8) is 0 Å². The monoisotopic (exact) mass is 430 g/mol. The molecule has 0 heterocycles. The van der Waals surface area contributed by atoms with Crippen molar-refractivity contribution in [3.8, 4) is 5.75 Å². The first-order valence-electron chi connectivity index (χ1n) is 10.7. The topological polar surface area (TPSA) is 81.4 Å². The van der Waals surface area contributed by atoms with E-state index >= 15 is 0 Å². The maximum Gasteiger partial charge on any atom is 0.252 e. The number of benzene rings is 3. The number of nitrogens with one attached hydrogen (secondary N) is 1. The van der Waals surface area contributed by atoms with E-state index in [1.165, 1.54) is 5.56 Å². The number of para-hydroxylation sites is 1. The zero-order valence-electron chi connectivity index (χ0n) is 18.8. The van der Waals surface area contributed by atoms with Crippen molar-refractivity contribution < 1.29 is 14.3 Å². The number of hydrogen-bond acceptors (Lipinski definition) is 3. The summed E-state index contributed by atoms with van der Waals surface area (Å²) in [6, 6.07) is 24.5. The third kappa shape index (κ3) is 5.97. The molecule has 0 saturated heterocycles. The standard InChI is InChI=1S/C27H30N2O3/c1-19(17-27(2,3)22-12-5-4-6-13-22)29-26(31)21-11-9-10-20(16-21)18-32-24-15-8-7-14-23(24)25(28)30/h4-16,19H,17-18H2,1-3H3,(H2,28,30)(H,29,31). The molecule has 32 heavy (non-hydrogen) atoms. The van der Waals surface area contributed by atoms with Crippen LogP contribution < -0.4 is 15.8 Å². The first kappa shape index (κ1) is 23.1. The number of carbonyl (C=O) groups is 2. The minimum Gasteiger partial charge on any atom is -0.488 e. The molecule has 0 aliphatic heterocycles. The van der Waals surface area contributed by atoms with Gasteiger partial charge in [-0.05, 0) is 54.2 Å². The second-order valence-electron chi connectivity index (χ2n) is 8.68. The molecule has 2 amide bonds. The molecule has 0 spiro atoms. The Hall–Kier alpha value is -3.60. The summed E-state index contributed by atoms with van der Waals surface area (Å²) in [5.74, 6) is -0.242. The predicted octanol–water partition coefficient (Wildman–Crippen LogP) is 4.85. The van der Waals surface area contributed by atoms with Gasteiger partial charge in [0.2, 0.25) is 0 Å². The molecule has 5 heteroatoms. The van der Waals surface area contributed by atoms with Crippen LogP contribution in [0.1, 0.15) is 59.0 Å². The smallest absolute Gasteiger partial charge is 0.252 e. The van der Waals surface area contributed by atoms with Gasteiger partial charge in [0.15, 0.2) is 0 Å². The number of ether oxygens (including phenoxy) is 1. The molecular formula is C27H30N2O3. The van der Waals surface area contributed by atoms with Crippen LogP contribution in [0.2, 0.25) is 0 Å². The SMILES string of the molecule is CC(CC(C)(C)c1ccccc1)NC(=O)c1cccc(COc2ccccc2C(N)=O)c1. The molecule has 5 nitrogen and oxygen atoms in total. The Bertz CT molecular complexity index is 1080. The highest BCUT2D eigenvalue weighted by molar-refractivity contribution is 5.95. The highest BCUT2D eigenvalue weighted by Gasteiger charge is 2.24. The highest BCUT2D eigenvalue weighted by Crippen LogP contribution is 2.28. The Morgan fingerprint density at radius 2 is 1.66 bits per heavy atom. The summed E-state index contributed by atoms with van der Waals surface area (Å²) in [5.41, 5.74) is 8.32. The first-order valence-corrected chi connectivity index (χ1v) is 10.7. The normalized spacial score (nSPS) is 12.1. The molecule has 0 aromatic heterocycles. The largest absolute Gasteiger partial charge is 0.488 e. The molecular weight excluding hydrogens is 400 g/mol. The Kier molecular flexibility index (Phi) is 7.31. The van der Waals surface area contributed by atoms with E-state index in [-0.39, 0.29) is 24.0 Å². The Morgan fingerprint density at radius 1 is 0.969 bits per heavy atom. The van der Waals surface area contributed by atoms with E-state index in [1.807, 2.05) is 37.3 Å². The van der Waals surface area contributed by atoms with Crippen molar-refractivity contribution in [3.05, 3.63) is 101 Å². The van der Waals surface area contributed by atoms with Gasteiger partial charge >= 0.3 is 0 Å². The van der Waals surface area contributed by atoms with Gasteiger partial charge in [-0.3, -0.25) is 9.59 Å². The van der Waals surface area contributed by atoms with Crippen LogP contribution in [0.4, 0.5) is 0 Å². The Labute approximate surface area is 189 Å². The highest BCUT2D eigenvalue weighted by atomic mass is 16.5. The maximum absolute atomic E-state index is 12.8. The molecule has 0 aliphatic rings. The zero-order chi connectivity index (χ0) is 23.1. The third-order valence-corrected chi connectivity index (χ3v) is 5.49. The fourth-order valence-electron chi connectivity index (χ4n) is 3.89. The summed E-state index contributed by atoms with van der Waals surface area (Å²) in [7, 11) is 0. The molecule has 0 bridgehead atoms. The Balaban J connectivity index is 1.62. The fourth-order valence-corrected chi connectivity index (χ4v) is 3.89. The second-order valence-corrected chi connectivity index (χ2v) is 8.68. The van der Waals surface area contributed by atoms with E-state index in [4.69, 9.17) is 10.5 Å². The van der Waals surface area contributed by atoms with Crippen molar-refractivity contribution in [1.82, 2.24) is 5.32 Å². The van der Waals surface area contributed by atoms with Crippen LogP contribution in [-0.2, 0) is 12.0 Å². The molecule has 3 aromatic carbocycles. The van der Waals surface area contributed by atoms with Gasteiger partial charge in [-0.25, -0.2) is 0 Å². The van der Waals surface area contributed by atoms with Crippen molar-refractivity contribution in [1.29, 1.82) is 0 Å². The maximum atomic E-state index is 12.8. The van der Waals surface area contributed by atoms with Crippen LogP contribution in [0, 0.1) is 0 Å². The molecule has 0 aliphatic carbocycles. The molecule has 166 valence electrons. The van der Waals surface area contributed by atoms with E-state index in [0.717, 1.165) is 12.0 Å². The summed E-state index contributed by atoms with van der Waals surface area (Å²) >= 11 is 0. The van der Waals surface area contributed by atoms with Gasteiger partial charge in [-0.1, -0.05) is 68.4 Å². The lowest BCUT2D eigenvalue weighted by atomic mass is 9.79. The fraction of sp³-hybridized carbons (Fsp3) is 0.259. The van der Waals surface area contributed by atoms with Crippen molar-refractivity contribution in [2.75, 3.05) is 0 Å². The molecule has 3 aromatic rings. The van der Waals surface area contributed by atoms with Gasteiger partial charge in [0, 0.05) is 11.6 Å². The van der Waals surface area contributed by atoms with Crippen LogP contribution in [0.5, 0.6) is 5.75 Å². The van der Waals surface area contributed by atoms with Crippen molar-refractivity contribution in [2.24, 2.45) is 5.73 Å². The number of nitrogens with two attached hydrogens (primary N) is 1.